The average molecular weight is 420 g/mol. The number of hydrogen-bond donors (Lipinski definition) is 2. The fourth-order valence-corrected chi connectivity index (χ4v) is 4.37. The highest BCUT2D eigenvalue weighted by molar-refractivity contribution is 7.92. The van der Waals surface area contributed by atoms with Gasteiger partial charge in [-0.05, 0) is 37.3 Å². The van der Waals surface area contributed by atoms with Gasteiger partial charge in [-0.25, -0.2) is 8.42 Å². The zero-order valence-electron chi connectivity index (χ0n) is 16.3. The van der Waals surface area contributed by atoms with Gasteiger partial charge in [-0.1, -0.05) is 48.5 Å². The second-order valence-corrected chi connectivity index (χ2v) is 8.32. The standard InChI is InChI=1S/C23H20N2O4S/c1-2-29-22(16-9-5-3-6-10-16)21-19-15-17(13-14-20(19)24-23(21)26)25-30(27,28)18-11-7-4-8-12-18/h3-15,25H,2H2,1H3,(H,24,26). The lowest BCUT2D eigenvalue weighted by Gasteiger charge is -2.13. The summed E-state index contributed by atoms with van der Waals surface area (Å²) < 4.78 is 33.8. The number of carbonyl (C=O) groups is 1. The van der Waals surface area contributed by atoms with Crippen molar-refractivity contribution in [1.29, 1.82) is 0 Å². The van der Waals surface area contributed by atoms with Crippen LogP contribution in [0.1, 0.15) is 18.1 Å². The van der Waals surface area contributed by atoms with E-state index in [9.17, 15) is 13.2 Å². The Balaban J connectivity index is 1.78. The molecule has 1 heterocycles. The van der Waals surface area contributed by atoms with E-state index < -0.39 is 10.0 Å². The van der Waals surface area contributed by atoms with Gasteiger partial charge in [-0.2, -0.15) is 0 Å². The van der Waals surface area contributed by atoms with Crippen LogP contribution in [-0.4, -0.2) is 20.9 Å². The van der Waals surface area contributed by atoms with Crippen molar-refractivity contribution >= 4 is 38.6 Å². The topological polar surface area (TPSA) is 84.5 Å². The number of hydrogen-bond acceptors (Lipinski definition) is 4. The second-order valence-electron chi connectivity index (χ2n) is 6.64. The summed E-state index contributed by atoms with van der Waals surface area (Å²) in [6.45, 7) is 2.23. The minimum absolute atomic E-state index is 0.162. The third-order valence-electron chi connectivity index (χ3n) is 4.62. The maximum Gasteiger partial charge on any atom is 0.261 e. The summed E-state index contributed by atoms with van der Waals surface area (Å²) in [5.74, 6) is 0.165. The first-order valence-corrected chi connectivity index (χ1v) is 10.9. The van der Waals surface area contributed by atoms with E-state index in [0.29, 0.717) is 34.9 Å². The molecule has 3 aromatic carbocycles. The lowest BCUT2D eigenvalue weighted by atomic mass is 10.0. The molecule has 1 amide bonds. The fraction of sp³-hybridized carbons (Fsp3) is 0.0870. The summed E-state index contributed by atoms with van der Waals surface area (Å²) in [6.07, 6.45) is 0. The molecular formula is C23H20N2O4S. The summed E-state index contributed by atoms with van der Waals surface area (Å²) in [4.78, 5) is 12.9. The Morgan fingerprint density at radius 1 is 0.967 bits per heavy atom. The summed E-state index contributed by atoms with van der Waals surface area (Å²) in [5, 5.41) is 2.82. The first-order valence-electron chi connectivity index (χ1n) is 9.46. The molecule has 0 spiro atoms. The predicted molar refractivity (Wildman–Crippen MR) is 117 cm³/mol. The molecule has 1 aliphatic heterocycles. The van der Waals surface area contributed by atoms with E-state index in [4.69, 9.17) is 4.74 Å². The Kier molecular flexibility index (Phi) is 5.29. The molecule has 7 heteroatoms. The van der Waals surface area contributed by atoms with E-state index in [-0.39, 0.29) is 10.8 Å². The molecule has 0 radical (unpaired) electrons. The molecule has 0 atom stereocenters. The van der Waals surface area contributed by atoms with Crippen LogP contribution in [0.3, 0.4) is 0 Å². The SMILES string of the molecule is CCOC(=C1C(=O)Nc2ccc(NS(=O)(=O)c3ccccc3)cc21)c1ccccc1. The van der Waals surface area contributed by atoms with Gasteiger partial charge in [0.15, 0.2) is 0 Å². The van der Waals surface area contributed by atoms with Gasteiger partial charge in [0.2, 0.25) is 0 Å². The Bertz CT molecular complexity index is 1220. The highest BCUT2D eigenvalue weighted by Crippen LogP contribution is 2.39. The smallest absolute Gasteiger partial charge is 0.261 e. The summed E-state index contributed by atoms with van der Waals surface area (Å²) >= 11 is 0. The number of nitrogens with one attached hydrogen (secondary N) is 2. The number of fused-ring (bicyclic) bond motifs is 1. The third-order valence-corrected chi connectivity index (χ3v) is 6.02. The molecule has 152 valence electrons. The molecule has 30 heavy (non-hydrogen) atoms. The minimum Gasteiger partial charge on any atom is -0.492 e. The number of carbonyl (C=O) groups excluding carboxylic acids is 1. The van der Waals surface area contributed by atoms with E-state index in [0.717, 1.165) is 5.56 Å². The van der Waals surface area contributed by atoms with Crippen molar-refractivity contribution < 1.29 is 17.9 Å². The van der Waals surface area contributed by atoms with Crippen LogP contribution in [0.5, 0.6) is 0 Å². The molecule has 0 unspecified atom stereocenters. The van der Waals surface area contributed by atoms with E-state index in [2.05, 4.69) is 10.0 Å². The van der Waals surface area contributed by atoms with Crippen molar-refractivity contribution in [3.63, 3.8) is 0 Å². The molecule has 1 aliphatic rings. The lowest BCUT2D eigenvalue weighted by molar-refractivity contribution is -0.110. The van der Waals surface area contributed by atoms with Crippen molar-refractivity contribution in [3.8, 4) is 0 Å². The maximum absolute atomic E-state index is 12.8. The van der Waals surface area contributed by atoms with Crippen LogP contribution in [0.4, 0.5) is 11.4 Å². The normalized spacial score (nSPS) is 14.6. The first-order chi connectivity index (χ1) is 14.5. The molecular weight excluding hydrogens is 400 g/mol. The Morgan fingerprint density at radius 3 is 2.30 bits per heavy atom. The van der Waals surface area contributed by atoms with Crippen molar-refractivity contribution in [2.24, 2.45) is 0 Å². The highest BCUT2D eigenvalue weighted by atomic mass is 32.2. The number of rotatable bonds is 6. The van der Waals surface area contributed by atoms with Gasteiger partial charge < -0.3 is 10.1 Å². The average Bonchev–Trinajstić information content (AvgIpc) is 3.08. The van der Waals surface area contributed by atoms with Crippen LogP contribution in [0, 0.1) is 0 Å². The van der Waals surface area contributed by atoms with Crippen molar-refractivity contribution in [1.82, 2.24) is 0 Å². The molecule has 0 saturated carbocycles. The molecule has 2 N–H and O–H groups in total. The van der Waals surface area contributed by atoms with Crippen molar-refractivity contribution in [3.05, 3.63) is 90.0 Å². The fourth-order valence-electron chi connectivity index (χ4n) is 3.30. The summed E-state index contributed by atoms with van der Waals surface area (Å²) in [5.41, 5.74) is 2.69. The van der Waals surface area contributed by atoms with Gasteiger partial charge in [-0.15, -0.1) is 0 Å². The zero-order chi connectivity index (χ0) is 21.1. The molecule has 0 bridgehead atoms. The Labute approximate surface area is 175 Å². The van der Waals surface area contributed by atoms with Crippen LogP contribution in [-0.2, 0) is 19.6 Å². The Morgan fingerprint density at radius 2 is 1.63 bits per heavy atom. The summed E-state index contributed by atoms with van der Waals surface area (Å²) in [6, 6.07) is 22.4. The number of amides is 1. The molecule has 0 saturated heterocycles. The predicted octanol–water partition coefficient (Wildman–Crippen LogP) is 4.34. The molecule has 3 aromatic rings. The molecule has 4 rings (SSSR count). The maximum atomic E-state index is 12.8. The van der Waals surface area contributed by atoms with E-state index in [1.54, 1.807) is 36.4 Å². The van der Waals surface area contributed by atoms with Crippen molar-refractivity contribution in [2.45, 2.75) is 11.8 Å². The molecule has 0 fully saturated rings. The quantitative estimate of drug-likeness (QED) is 0.459. The summed E-state index contributed by atoms with van der Waals surface area (Å²) in [7, 11) is -3.75. The second kappa shape index (κ2) is 8.04. The van der Waals surface area contributed by atoms with Gasteiger partial charge in [-0.3, -0.25) is 9.52 Å². The highest BCUT2D eigenvalue weighted by Gasteiger charge is 2.30. The largest absolute Gasteiger partial charge is 0.492 e. The van der Waals surface area contributed by atoms with Crippen LogP contribution in [0.25, 0.3) is 11.3 Å². The third kappa shape index (κ3) is 3.79. The number of anilines is 2. The lowest BCUT2D eigenvalue weighted by Crippen LogP contribution is -2.12. The van der Waals surface area contributed by atoms with Crippen molar-refractivity contribution in [2.75, 3.05) is 16.6 Å². The monoisotopic (exact) mass is 420 g/mol. The number of sulfonamides is 1. The molecule has 6 nitrogen and oxygen atoms in total. The number of ether oxygens (including phenoxy) is 1. The molecule has 0 aliphatic carbocycles. The van der Waals surface area contributed by atoms with Crippen LogP contribution < -0.4 is 10.0 Å². The van der Waals surface area contributed by atoms with Gasteiger partial charge in [0.25, 0.3) is 15.9 Å². The van der Waals surface area contributed by atoms with E-state index in [1.807, 2.05) is 37.3 Å². The van der Waals surface area contributed by atoms with Crippen LogP contribution >= 0.6 is 0 Å². The zero-order valence-corrected chi connectivity index (χ0v) is 17.1. The van der Waals surface area contributed by atoms with Crippen LogP contribution in [0.2, 0.25) is 0 Å². The van der Waals surface area contributed by atoms with E-state index >= 15 is 0 Å². The van der Waals surface area contributed by atoms with Gasteiger partial charge in [0, 0.05) is 22.5 Å². The Hall–Kier alpha value is -3.58. The van der Waals surface area contributed by atoms with Gasteiger partial charge >= 0.3 is 0 Å². The molecule has 0 aromatic heterocycles. The first kappa shape index (κ1) is 19.7. The van der Waals surface area contributed by atoms with Crippen LogP contribution in [0.15, 0.2) is 83.8 Å². The minimum atomic E-state index is -3.75. The van der Waals surface area contributed by atoms with E-state index in [1.165, 1.54) is 12.1 Å². The van der Waals surface area contributed by atoms with Gasteiger partial charge in [0.1, 0.15) is 5.76 Å². The van der Waals surface area contributed by atoms with Gasteiger partial charge in [0.05, 0.1) is 17.1 Å². The number of benzene rings is 3.